The predicted molar refractivity (Wildman–Crippen MR) is 74.5 cm³/mol. The third-order valence-corrected chi connectivity index (χ3v) is 2.55. The number of ether oxygens (including phenoxy) is 1. The van der Waals surface area contributed by atoms with Gasteiger partial charge in [0.2, 0.25) is 0 Å². The van der Waals surface area contributed by atoms with Crippen LogP contribution >= 0.6 is 12.2 Å². The fourth-order valence-corrected chi connectivity index (χ4v) is 1.61. The third kappa shape index (κ3) is 5.10. The van der Waals surface area contributed by atoms with Crippen molar-refractivity contribution >= 4 is 23.0 Å². The normalized spacial score (nSPS) is 10.2. The maximum atomic E-state index is 5.61. The lowest BCUT2D eigenvalue weighted by molar-refractivity contribution is 0.194. The van der Waals surface area contributed by atoms with Crippen LogP contribution in [-0.2, 0) is 4.74 Å². The molecule has 94 valence electrons. The van der Waals surface area contributed by atoms with E-state index in [0.717, 1.165) is 43.1 Å². The summed E-state index contributed by atoms with van der Waals surface area (Å²) in [6, 6.07) is 3.77. The topological polar surface area (TPSA) is 60.2 Å². The molecule has 0 bridgehead atoms. The van der Waals surface area contributed by atoms with Gasteiger partial charge in [-0.1, -0.05) is 12.2 Å². The molecule has 1 aromatic heterocycles. The molecule has 0 unspecified atom stereocenters. The highest BCUT2D eigenvalue weighted by Gasteiger charge is 2.01. The van der Waals surface area contributed by atoms with Gasteiger partial charge in [-0.3, -0.25) is 0 Å². The summed E-state index contributed by atoms with van der Waals surface area (Å²) in [5.41, 5.74) is 7.37. The first-order chi connectivity index (χ1) is 8.13. The van der Waals surface area contributed by atoms with Crippen LogP contribution in [0.15, 0.2) is 12.1 Å². The van der Waals surface area contributed by atoms with Gasteiger partial charge in [0.25, 0.3) is 0 Å². The van der Waals surface area contributed by atoms with Gasteiger partial charge >= 0.3 is 0 Å². The van der Waals surface area contributed by atoms with E-state index in [1.54, 1.807) is 7.11 Å². The summed E-state index contributed by atoms with van der Waals surface area (Å²) in [5, 5.41) is 3.26. The quantitative estimate of drug-likeness (QED) is 0.574. The van der Waals surface area contributed by atoms with Crippen molar-refractivity contribution in [1.82, 2.24) is 4.98 Å². The maximum Gasteiger partial charge on any atom is 0.126 e. The van der Waals surface area contributed by atoms with Crippen LogP contribution in [0.3, 0.4) is 0 Å². The largest absolute Gasteiger partial charge is 0.389 e. The molecule has 0 amide bonds. The Kier molecular flexibility index (Phi) is 5.86. The lowest BCUT2D eigenvalue weighted by Gasteiger charge is -2.08. The SMILES string of the molecule is COCCCCNc1cc(C(N)=S)cc(C)n1. The van der Waals surface area contributed by atoms with Gasteiger partial charge in [-0.25, -0.2) is 4.98 Å². The first kappa shape index (κ1) is 13.9. The molecule has 1 aromatic rings. The Morgan fingerprint density at radius 3 is 2.88 bits per heavy atom. The first-order valence-electron chi connectivity index (χ1n) is 5.65. The van der Waals surface area contributed by atoms with E-state index >= 15 is 0 Å². The minimum absolute atomic E-state index is 0.401. The van der Waals surface area contributed by atoms with Crippen LogP contribution in [0.5, 0.6) is 0 Å². The number of nitrogens with two attached hydrogens (primary N) is 1. The Labute approximate surface area is 108 Å². The lowest BCUT2D eigenvalue weighted by atomic mass is 10.2. The third-order valence-electron chi connectivity index (χ3n) is 2.32. The molecule has 4 nitrogen and oxygen atoms in total. The molecule has 0 atom stereocenters. The molecule has 0 saturated heterocycles. The summed E-state index contributed by atoms with van der Waals surface area (Å²) < 4.78 is 4.99. The number of aromatic nitrogens is 1. The number of nitrogens with zero attached hydrogens (tertiary/aromatic N) is 1. The fraction of sp³-hybridized carbons (Fsp3) is 0.500. The number of nitrogens with one attached hydrogen (secondary N) is 1. The second-order valence-corrected chi connectivity index (χ2v) is 4.31. The average Bonchev–Trinajstić information content (AvgIpc) is 2.28. The van der Waals surface area contributed by atoms with Crippen molar-refractivity contribution < 1.29 is 4.74 Å². The Hall–Kier alpha value is -1.20. The monoisotopic (exact) mass is 253 g/mol. The van der Waals surface area contributed by atoms with Gasteiger partial charge in [-0.15, -0.1) is 0 Å². The van der Waals surface area contributed by atoms with Gasteiger partial charge in [0.1, 0.15) is 10.8 Å². The van der Waals surface area contributed by atoms with Crippen molar-refractivity contribution in [3.8, 4) is 0 Å². The standard InChI is InChI=1S/C12H19N3OS/c1-9-7-10(12(13)17)8-11(15-9)14-5-3-4-6-16-2/h7-8H,3-6H2,1-2H3,(H2,13,17)(H,14,15). The first-order valence-corrected chi connectivity index (χ1v) is 6.05. The van der Waals surface area contributed by atoms with Crippen LogP contribution in [0, 0.1) is 6.92 Å². The van der Waals surface area contributed by atoms with Gasteiger partial charge in [-0.05, 0) is 31.9 Å². The van der Waals surface area contributed by atoms with E-state index in [-0.39, 0.29) is 0 Å². The van der Waals surface area contributed by atoms with Crippen molar-refractivity contribution in [2.75, 3.05) is 25.6 Å². The Bertz CT molecular complexity index is 382. The second-order valence-electron chi connectivity index (χ2n) is 3.87. The molecule has 1 heterocycles. The fourth-order valence-electron chi connectivity index (χ4n) is 1.49. The smallest absolute Gasteiger partial charge is 0.126 e. The van der Waals surface area contributed by atoms with E-state index in [2.05, 4.69) is 10.3 Å². The predicted octanol–water partition coefficient (Wildman–Crippen LogP) is 1.86. The van der Waals surface area contributed by atoms with Crippen LogP contribution in [0.4, 0.5) is 5.82 Å². The van der Waals surface area contributed by atoms with Crippen LogP contribution in [0.25, 0.3) is 0 Å². The van der Waals surface area contributed by atoms with Crippen molar-refractivity contribution in [3.63, 3.8) is 0 Å². The van der Waals surface area contributed by atoms with Crippen molar-refractivity contribution in [1.29, 1.82) is 0 Å². The van der Waals surface area contributed by atoms with Crippen LogP contribution in [0.1, 0.15) is 24.1 Å². The molecule has 0 radical (unpaired) electrons. The minimum atomic E-state index is 0.401. The summed E-state index contributed by atoms with van der Waals surface area (Å²) in [6.07, 6.45) is 2.09. The Balaban J connectivity index is 2.50. The van der Waals surface area contributed by atoms with Crippen molar-refractivity contribution in [2.45, 2.75) is 19.8 Å². The summed E-state index contributed by atoms with van der Waals surface area (Å²) in [6.45, 7) is 3.59. The molecule has 0 saturated carbocycles. The number of hydrogen-bond donors (Lipinski definition) is 2. The van der Waals surface area contributed by atoms with Gasteiger partial charge in [0.05, 0.1) is 0 Å². The van der Waals surface area contributed by atoms with E-state index < -0.39 is 0 Å². The highest BCUT2D eigenvalue weighted by Crippen LogP contribution is 2.10. The molecule has 17 heavy (non-hydrogen) atoms. The van der Waals surface area contributed by atoms with E-state index in [0.29, 0.717) is 4.99 Å². The molecule has 1 rings (SSSR count). The van der Waals surface area contributed by atoms with Gasteiger partial charge in [0.15, 0.2) is 0 Å². The van der Waals surface area contributed by atoms with E-state index in [4.69, 9.17) is 22.7 Å². The summed E-state index contributed by atoms with van der Waals surface area (Å²) >= 11 is 4.96. The molecule has 0 spiro atoms. The van der Waals surface area contributed by atoms with Gasteiger partial charge in [-0.2, -0.15) is 0 Å². The van der Waals surface area contributed by atoms with E-state index in [1.807, 2.05) is 19.1 Å². The number of unbranched alkanes of at least 4 members (excludes halogenated alkanes) is 1. The van der Waals surface area contributed by atoms with Crippen molar-refractivity contribution in [2.24, 2.45) is 5.73 Å². The summed E-state index contributed by atoms with van der Waals surface area (Å²) in [4.78, 5) is 4.78. The number of anilines is 1. The van der Waals surface area contributed by atoms with Crippen LogP contribution in [0.2, 0.25) is 0 Å². The zero-order valence-corrected chi connectivity index (χ0v) is 11.1. The number of pyridine rings is 1. The lowest BCUT2D eigenvalue weighted by Crippen LogP contribution is -2.12. The number of hydrogen-bond acceptors (Lipinski definition) is 4. The molecule has 0 aliphatic carbocycles. The highest BCUT2D eigenvalue weighted by atomic mass is 32.1. The Morgan fingerprint density at radius 1 is 1.47 bits per heavy atom. The molecule has 0 aromatic carbocycles. The highest BCUT2D eigenvalue weighted by molar-refractivity contribution is 7.80. The maximum absolute atomic E-state index is 5.61. The number of aryl methyl sites for hydroxylation is 1. The molecule has 5 heteroatoms. The second kappa shape index (κ2) is 7.19. The average molecular weight is 253 g/mol. The van der Waals surface area contributed by atoms with E-state index in [9.17, 15) is 0 Å². The number of methoxy groups -OCH3 is 1. The number of thiocarbonyl (C=S) groups is 1. The molecular formula is C12H19N3OS. The Morgan fingerprint density at radius 2 is 2.24 bits per heavy atom. The summed E-state index contributed by atoms with van der Waals surface area (Å²) in [7, 11) is 1.71. The molecule has 0 fully saturated rings. The number of rotatable bonds is 7. The zero-order valence-electron chi connectivity index (χ0n) is 10.3. The molecule has 0 aliphatic rings. The van der Waals surface area contributed by atoms with Gasteiger partial charge < -0.3 is 15.8 Å². The molecular weight excluding hydrogens is 234 g/mol. The van der Waals surface area contributed by atoms with Crippen molar-refractivity contribution in [3.05, 3.63) is 23.4 Å². The zero-order chi connectivity index (χ0) is 12.7. The van der Waals surface area contributed by atoms with Crippen LogP contribution in [-0.4, -0.2) is 30.2 Å². The van der Waals surface area contributed by atoms with Crippen LogP contribution < -0.4 is 11.1 Å². The molecule has 3 N–H and O–H groups in total. The molecule has 0 aliphatic heterocycles. The van der Waals surface area contributed by atoms with Gasteiger partial charge in [0, 0.05) is 31.5 Å². The minimum Gasteiger partial charge on any atom is -0.389 e. The van der Waals surface area contributed by atoms with E-state index in [1.165, 1.54) is 0 Å². The summed E-state index contributed by atoms with van der Waals surface area (Å²) in [5.74, 6) is 0.824.